The fourth-order valence-electron chi connectivity index (χ4n) is 2.17. The molecule has 1 N–H and O–H groups in total. The van der Waals surface area contributed by atoms with Crippen molar-refractivity contribution in [1.29, 1.82) is 0 Å². The lowest BCUT2D eigenvalue weighted by atomic mass is 10.00. The van der Waals surface area contributed by atoms with E-state index in [1.165, 1.54) is 0 Å². The number of hydrogen-bond acceptors (Lipinski definition) is 1. The van der Waals surface area contributed by atoms with Gasteiger partial charge in [0.15, 0.2) is 0 Å². The van der Waals surface area contributed by atoms with E-state index in [2.05, 4.69) is 5.32 Å². The van der Waals surface area contributed by atoms with Crippen LogP contribution in [-0.4, -0.2) is 12.7 Å². The summed E-state index contributed by atoms with van der Waals surface area (Å²) >= 11 is 0. The summed E-state index contributed by atoms with van der Waals surface area (Å²) in [6.07, 6.45) is -4.91. The molecule has 2 aromatic rings. The maximum absolute atomic E-state index is 12.1. The number of alkyl halides is 3. The van der Waals surface area contributed by atoms with Crippen LogP contribution in [0, 0.1) is 0 Å². The van der Waals surface area contributed by atoms with Crippen LogP contribution in [0.25, 0.3) is 10.8 Å². The zero-order chi connectivity index (χ0) is 13.9. The average molecular weight is 267 g/mol. The molecule has 0 radical (unpaired) electrons. The molecule has 0 saturated heterocycles. The first-order valence-corrected chi connectivity index (χ1v) is 6.25. The molecule has 2 aromatic carbocycles. The first-order chi connectivity index (χ1) is 8.97. The predicted octanol–water partition coefficient (Wildman–Crippen LogP) is 4.44. The molecule has 0 aromatic heterocycles. The van der Waals surface area contributed by atoms with Crippen LogP contribution >= 0.6 is 0 Å². The van der Waals surface area contributed by atoms with Crippen molar-refractivity contribution in [3.63, 3.8) is 0 Å². The van der Waals surface area contributed by atoms with Gasteiger partial charge in [-0.2, -0.15) is 13.2 Å². The fraction of sp³-hybridized carbons (Fsp3) is 0.333. The molecule has 0 heterocycles. The van der Waals surface area contributed by atoms with Gasteiger partial charge in [-0.05, 0) is 23.3 Å². The standard InChI is InChI=1S/C15H16F3N/c1-11(19-10-9-15(16,17)18)13-8-4-6-12-5-2-3-7-14(12)13/h2-8,11,19H,9-10H2,1H3. The molecule has 0 fully saturated rings. The summed E-state index contributed by atoms with van der Waals surface area (Å²) in [4.78, 5) is 0. The van der Waals surface area contributed by atoms with Gasteiger partial charge in [0.2, 0.25) is 0 Å². The third kappa shape index (κ3) is 3.70. The molecule has 1 nitrogen and oxygen atoms in total. The van der Waals surface area contributed by atoms with Gasteiger partial charge in [0.05, 0.1) is 6.42 Å². The van der Waals surface area contributed by atoms with Crippen LogP contribution < -0.4 is 5.32 Å². The summed E-state index contributed by atoms with van der Waals surface area (Å²) in [5.41, 5.74) is 1.03. The van der Waals surface area contributed by atoms with Gasteiger partial charge in [-0.1, -0.05) is 42.5 Å². The van der Waals surface area contributed by atoms with Crippen molar-refractivity contribution < 1.29 is 13.2 Å². The summed E-state index contributed by atoms with van der Waals surface area (Å²) in [6.45, 7) is 1.83. The third-order valence-corrected chi connectivity index (χ3v) is 3.15. The van der Waals surface area contributed by atoms with Gasteiger partial charge in [0.25, 0.3) is 0 Å². The Balaban J connectivity index is 2.11. The van der Waals surface area contributed by atoms with Crippen LogP contribution in [0.1, 0.15) is 24.9 Å². The summed E-state index contributed by atoms with van der Waals surface area (Å²) < 4.78 is 36.4. The highest BCUT2D eigenvalue weighted by Gasteiger charge is 2.26. The van der Waals surface area contributed by atoms with Crippen LogP contribution in [0.3, 0.4) is 0 Å². The molecule has 102 valence electrons. The Morgan fingerprint density at radius 3 is 2.47 bits per heavy atom. The number of halogens is 3. The Bertz CT molecular complexity index is 543. The van der Waals surface area contributed by atoms with Gasteiger partial charge in [0.1, 0.15) is 0 Å². The van der Waals surface area contributed by atoms with Crippen LogP contribution in [-0.2, 0) is 0 Å². The van der Waals surface area contributed by atoms with Crippen LogP contribution in [0.4, 0.5) is 13.2 Å². The second kappa shape index (κ2) is 5.61. The van der Waals surface area contributed by atoms with E-state index in [1.54, 1.807) is 0 Å². The quantitative estimate of drug-likeness (QED) is 0.863. The molecular formula is C15H16F3N. The molecule has 19 heavy (non-hydrogen) atoms. The lowest BCUT2D eigenvalue weighted by Crippen LogP contribution is -2.24. The van der Waals surface area contributed by atoms with E-state index >= 15 is 0 Å². The van der Waals surface area contributed by atoms with Gasteiger partial charge in [-0.15, -0.1) is 0 Å². The predicted molar refractivity (Wildman–Crippen MR) is 71.0 cm³/mol. The van der Waals surface area contributed by atoms with Gasteiger partial charge in [-0.25, -0.2) is 0 Å². The second-order valence-corrected chi connectivity index (χ2v) is 4.61. The SMILES string of the molecule is CC(NCCC(F)(F)F)c1cccc2ccccc12. The molecule has 0 aliphatic carbocycles. The second-order valence-electron chi connectivity index (χ2n) is 4.61. The number of nitrogens with one attached hydrogen (secondary N) is 1. The minimum absolute atomic E-state index is 0.0616. The Labute approximate surface area is 110 Å². The molecule has 0 aliphatic heterocycles. The van der Waals surface area contributed by atoms with Crippen molar-refractivity contribution in [2.24, 2.45) is 0 Å². The maximum Gasteiger partial charge on any atom is 0.390 e. The lowest BCUT2D eigenvalue weighted by Gasteiger charge is -2.17. The van der Waals surface area contributed by atoms with E-state index in [0.717, 1.165) is 16.3 Å². The number of hydrogen-bond donors (Lipinski definition) is 1. The van der Waals surface area contributed by atoms with Crippen molar-refractivity contribution in [2.75, 3.05) is 6.54 Å². The number of benzene rings is 2. The Morgan fingerprint density at radius 2 is 1.74 bits per heavy atom. The smallest absolute Gasteiger partial charge is 0.310 e. The Kier molecular flexibility index (Phi) is 4.10. The molecule has 4 heteroatoms. The first kappa shape index (κ1) is 13.9. The minimum Gasteiger partial charge on any atom is -0.310 e. The maximum atomic E-state index is 12.1. The number of rotatable bonds is 4. The largest absolute Gasteiger partial charge is 0.390 e. The summed E-state index contributed by atoms with van der Waals surface area (Å²) in [5, 5.41) is 5.11. The average Bonchev–Trinajstić information content (AvgIpc) is 2.36. The normalized spacial score (nSPS) is 13.7. The lowest BCUT2D eigenvalue weighted by molar-refractivity contribution is -0.133. The highest BCUT2D eigenvalue weighted by molar-refractivity contribution is 5.86. The zero-order valence-electron chi connectivity index (χ0n) is 10.7. The van der Waals surface area contributed by atoms with E-state index < -0.39 is 12.6 Å². The van der Waals surface area contributed by atoms with Gasteiger partial charge < -0.3 is 5.32 Å². The van der Waals surface area contributed by atoms with Crippen LogP contribution in [0.15, 0.2) is 42.5 Å². The van der Waals surface area contributed by atoms with Gasteiger partial charge in [-0.3, -0.25) is 0 Å². The Morgan fingerprint density at radius 1 is 1.05 bits per heavy atom. The van der Waals surface area contributed by atoms with E-state index in [4.69, 9.17) is 0 Å². The van der Waals surface area contributed by atoms with Crippen molar-refractivity contribution in [3.05, 3.63) is 48.0 Å². The van der Waals surface area contributed by atoms with Crippen molar-refractivity contribution in [1.82, 2.24) is 5.32 Å². The molecular weight excluding hydrogens is 251 g/mol. The van der Waals surface area contributed by atoms with Gasteiger partial charge >= 0.3 is 6.18 Å². The van der Waals surface area contributed by atoms with E-state index in [0.29, 0.717) is 0 Å². The molecule has 0 aliphatic rings. The number of fused-ring (bicyclic) bond motifs is 1. The Hall–Kier alpha value is -1.55. The third-order valence-electron chi connectivity index (χ3n) is 3.15. The first-order valence-electron chi connectivity index (χ1n) is 6.25. The highest BCUT2D eigenvalue weighted by atomic mass is 19.4. The van der Waals surface area contributed by atoms with Crippen molar-refractivity contribution >= 4 is 10.8 Å². The van der Waals surface area contributed by atoms with Crippen LogP contribution in [0.2, 0.25) is 0 Å². The fourth-order valence-corrected chi connectivity index (χ4v) is 2.17. The molecule has 1 unspecified atom stereocenters. The molecule has 0 bridgehead atoms. The van der Waals surface area contributed by atoms with Gasteiger partial charge in [0, 0.05) is 12.6 Å². The van der Waals surface area contributed by atoms with E-state index in [-0.39, 0.29) is 12.6 Å². The molecule has 2 rings (SSSR count). The molecule has 0 amide bonds. The van der Waals surface area contributed by atoms with Crippen LogP contribution in [0.5, 0.6) is 0 Å². The van der Waals surface area contributed by atoms with E-state index in [1.807, 2.05) is 49.4 Å². The van der Waals surface area contributed by atoms with E-state index in [9.17, 15) is 13.2 Å². The summed E-state index contributed by atoms with van der Waals surface area (Å²) in [5.74, 6) is 0. The van der Waals surface area contributed by atoms with Crippen molar-refractivity contribution in [2.45, 2.75) is 25.6 Å². The molecule has 0 saturated carbocycles. The van der Waals surface area contributed by atoms with Crippen molar-refractivity contribution in [3.8, 4) is 0 Å². The minimum atomic E-state index is -4.11. The molecule has 1 atom stereocenters. The zero-order valence-corrected chi connectivity index (χ0v) is 10.7. The highest BCUT2D eigenvalue weighted by Crippen LogP contribution is 2.24. The monoisotopic (exact) mass is 267 g/mol. The molecule has 0 spiro atoms. The topological polar surface area (TPSA) is 12.0 Å². The summed E-state index contributed by atoms with van der Waals surface area (Å²) in [6, 6.07) is 13.7. The summed E-state index contributed by atoms with van der Waals surface area (Å²) in [7, 11) is 0.